The molecule has 1 amide bonds. The zero-order valence-electron chi connectivity index (χ0n) is 7.81. The lowest BCUT2D eigenvalue weighted by Gasteiger charge is -2.25. The first-order chi connectivity index (χ1) is 6.76. The highest BCUT2D eigenvalue weighted by molar-refractivity contribution is 5.70. The fraction of sp³-hybridized carbons (Fsp3) is 0.889. The van der Waals surface area contributed by atoms with Gasteiger partial charge in [-0.25, -0.2) is 4.79 Å². The maximum atomic E-state index is 11.3. The molecular weight excluding hydrogens is 184 g/mol. The summed E-state index contributed by atoms with van der Waals surface area (Å²) in [6.07, 6.45) is 3.93. The van der Waals surface area contributed by atoms with Crippen molar-refractivity contribution in [2.24, 2.45) is 17.1 Å². The third-order valence-electron chi connectivity index (χ3n) is 3.52. The van der Waals surface area contributed by atoms with Crippen LogP contribution in [0.1, 0.15) is 25.7 Å². The van der Waals surface area contributed by atoms with E-state index in [9.17, 15) is 9.70 Å². The number of rotatable bonds is 3. The first kappa shape index (κ1) is 8.20. The van der Waals surface area contributed by atoms with Gasteiger partial charge in [-0.3, -0.25) is 0 Å². The van der Waals surface area contributed by atoms with Gasteiger partial charge in [-0.2, -0.15) is 5.01 Å². The van der Waals surface area contributed by atoms with Crippen molar-refractivity contribution in [1.82, 2.24) is 5.01 Å². The molecule has 0 radical (unpaired) electrons. The Hall–Kier alpha value is -1.13. The molecule has 1 saturated heterocycles. The molecule has 3 rings (SSSR count). The molecule has 0 N–H and O–H groups in total. The van der Waals surface area contributed by atoms with Crippen LogP contribution in [0.2, 0.25) is 0 Å². The summed E-state index contributed by atoms with van der Waals surface area (Å²) >= 11 is 0. The molecule has 14 heavy (non-hydrogen) atoms. The molecule has 2 aliphatic carbocycles. The van der Waals surface area contributed by atoms with Crippen LogP contribution >= 0.6 is 0 Å². The van der Waals surface area contributed by atoms with Crippen molar-refractivity contribution in [2.45, 2.75) is 31.3 Å². The van der Waals surface area contributed by atoms with E-state index in [2.05, 4.69) is 5.29 Å². The van der Waals surface area contributed by atoms with Crippen molar-refractivity contribution >= 4 is 6.09 Å². The smallest absolute Gasteiger partial charge is 0.433 e. The van der Waals surface area contributed by atoms with Gasteiger partial charge in [-0.15, -0.1) is 4.91 Å². The predicted octanol–water partition coefficient (Wildman–Crippen LogP) is 1.68. The van der Waals surface area contributed by atoms with Crippen LogP contribution in [0.3, 0.4) is 0 Å². The molecule has 1 aliphatic heterocycles. The lowest BCUT2D eigenvalue weighted by molar-refractivity contribution is 0.0189. The third kappa shape index (κ3) is 0.980. The van der Waals surface area contributed by atoms with Crippen LogP contribution in [0.4, 0.5) is 4.79 Å². The van der Waals surface area contributed by atoms with Gasteiger partial charge in [0.2, 0.25) is 0 Å². The quantitative estimate of drug-likeness (QED) is 0.645. The number of nitrogens with zero attached hydrogens (tertiary/aromatic N) is 2. The fourth-order valence-electron chi connectivity index (χ4n) is 2.51. The van der Waals surface area contributed by atoms with Crippen molar-refractivity contribution in [3.05, 3.63) is 4.91 Å². The van der Waals surface area contributed by atoms with E-state index in [1.165, 1.54) is 0 Å². The number of cyclic esters (lactones) is 1. The van der Waals surface area contributed by atoms with Gasteiger partial charge in [0.15, 0.2) is 0 Å². The SMILES string of the molecule is O=NN1CC(C2CC2)(C2CC2)OC1=O. The molecule has 0 aromatic rings. The summed E-state index contributed by atoms with van der Waals surface area (Å²) in [5, 5.41) is 3.62. The summed E-state index contributed by atoms with van der Waals surface area (Å²) < 4.78 is 5.39. The van der Waals surface area contributed by atoms with E-state index < -0.39 is 6.09 Å². The highest BCUT2D eigenvalue weighted by Crippen LogP contribution is 2.56. The molecule has 0 spiro atoms. The Labute approximate surface area is 81.3 Å². The van der Waals surface area contributed by atoms with Gasteiger partial charge in [0, 0.05) is 11.8 Å². The second-order valence-electron chi connectivity index (χ2n) is 4.51. The Morgan fingerprint density at radius 2 is 1.86 bits per heavy atom. The van der Waals surface area contributed by atoms with Gasteiger partial charge in [-0.05, 0) is 25.7 Å². The summed E-state index contributed by atoms with van der Waals surface area (Å²) in [5.41, 5.74) is -0.356. The van der Waals surface area contributed by atoms with Crippen LogP contribution < -0.4 is 0 Å². The van der Waals surface area contributed by atoms with Crippen LogP contribution in [-0.2, 0) is 4.74 Å². The topological polar surface area (TPSA) is 59.0 Å². The Balaban J connectivity index is 1.87. The summed E-state index contributed by atoms with van der Waals surface area (Å²) in [5.74, 6) is 0.955. The van der Waals surface area contributed by atoms with Crippen LogP contribution in [0, 0.1) is 16.7 Å². The second-order valence-corrected chi connectivity index (χ2v) is 4.51. The molecule has 0 bridgehead atoms. The van der Waals surface area contributed by atoms with Crippen molar-refractivity contribution in [3.63, 3.8) is 0 Å². The van der Waals surface area contributed by atoms with E-state index >= 15 is 0 Å². The van der Waals surface area contributed by atoms with Gasteiger partial charge >= 0.3 is 6.09 Å². The minimum absolute atomic E-state index is 0.356. The number of amides is 1. The Bertz CT molecular complexity index is 284. The molecule has 76 valence electrons. The van der Waals surface area contributed by atoms with Gasteiger partial charge < -0.3 is 4.74 Å². The van der Waals surface area contributed by atoms with E-state index in [-0.39, 0.29) is 5.60 Å². The molecule has 5 heteroatoms. The van der Waals surface area contributed by atoms with Crippen molar-refractivity contribution < 1.29 is 9.53 Å². The molecule has 3 aliphatic rings. The summed E-state index contributed by atoms with van der Waals surface area (Å²) in [6.45, 7) is 0.380. The number of carbonyl (C=O) groups excluding carboxylic acids is 1. The summed E-state index contributed by atoms with van der Waals surface area (Å²) in [4.78, 5) is 21.7. The predicted molar refractivity (Wildman–Crippen MR) is 47.2 cm³/mol. The van der Waals surface area contributed by atoms with Crippen LogP contribution in [0.5, 0.6) is 0 Å². The Morgan fingerprint density at radius 3 is 2.21 bits per heavy atom. The molecule has 0 aromatic heterocycles. The fourth-order valence-corrected chi connectivity index (χ4v) is 2.51. The Morgan fingerprint density at radius 1 is 1.29 bits per heavy atom. The van der Waals surface area contributed by atoms with Crippen molar-refractivity contribution in [2.75, 3.05) is 6.54 Å². The monoisotopic (exact) mass is 196 g/mol. The highest BCUT2D eigenvalue weighted by atomic mass is 16.6. The first-order valence-electron chi connectivity index (χ1n) is 5.10. The first-order valence-corrected chi connectivity index (χ1v) is 5.10. The second kappa shape index (κ2) is 2.46. The highest BCUT2D eigenvalue weighted by Gasteiger charge is 2.62. The normalized spacial score (nSPS) is 30.3. The van der Waals surface area contributed by atoms with Crippen molar-refractivity contribution in [3.8, 4) is 0 Å². The molecule has 0 atom stereocenters. The van der Waals surface area contributed by atoms with Gasteiger partial charge in [0.25, 0.3) is 0 Å². The van der Waals surface area contributed by atoms with Crippen LogP contribution in [-0.4, -0.2) is 23.2 Å². The molecule has 1 heterocycles. The molecule has 5 nitrogen and oxygen atoms in total. The third-order valence-corrected chi connectivity index (χ3v) is 3.52. The number of ether oxygens (including phenoxy) is 1. The lowest BCUT2D eigenvalue weighted by atomic mass is 9.92. The van der Waals surface area contributed by atoms with Gasteiger partial charge in [0.1, 0.15) is 5.60 Å². The zero-order valence-corrected chi connectivity index (χ0v) is 7.81. The maximum Gasteiger partial charge on any atom is 0.433 e. The van der Waals surface area contributed by atoms with E-state index in [0.717, 1.165) is 30.7 Å². The lowest BCUT2D eigenvalue weighted by Crippen LogP contribution is -2.38. The standard InChI is InChI=1S/C9H12N2O3/c12-8-11(10-13)5-9(14-8,6-1-2-6)7-3-4-7/h6-7H,1-5H2. The van der Waals surface area contributed by atoms with Gasteiger partial charge in [-0.1, -0.05) is 0 Å². The molecule has 3 fully saturated rings. The summed E-state index contributed by atoms with van der Waals surface area (Å²) in [6, 6.07) is 0. The van der Waals surface area contributed by atoms with Crippen molar-refractivity contribution in [1.29, 1.82) is 0 Å². The van der Waals surface area contributed by atoms with Crippen LogP contribution in [0.15, 0.2) is 5.29 Å². The van der Waals surface area contributed by atoms with Crippen LogP contribution in [0.25, 0.3) is 0 Å². The number of carbonyl (C=O) groups is 1. The molecule has 0 unspecified atom stereocenters. The van der Waals surface area contributed by atoms with E-state index in [0.29, 0.717) is 18.4 Å². The average Bonchev–Trinajstić information content (AvgIpc) is 3.01. The largest absolute Gasteiger partial charge is 0.439 e. The minimum Gasteiger partial charge on any atom is -0.439 e. The average molecular weight is 196 g/mol. The number of nitroso groups, excluding NO2 is 1. The van der Waals surface area contributed by atoms with E-state index in [1.807, 2.05) is 0 Å². The molecule has 0 aromatic carbocycles. The minimum atomic E-state index is -0.557. The molecule has 2 saturated carbocycles. The number of hydrogen-bond acceptors (Lipinski definition) is 4. The summed E-state index contributed by atoms with van der Waals surface area (Å²) in [7, 11) is 0. The van der Waals surface area contributed by atoms with Gasteiger partial charge in [0.05, 0.1) is 11.8 Å². The zero-order chi connectivity index (χ0) is 9.76. The maximum absolute atomic E-state index is 11.3. The Kier molecular flexibility index (Phi) is 1.44. The molecular formula is C9H12N2O3. The number of hydrogen-bond donors (Lipinski definition) is 0. The van der Waals surface area contributed by atoms with E-state index in [4.69, 9.17) is 4.74 Å². The van der Waals surface area contributed by atoms with E-state index in [1.54, 1.807) is 0 Å².